The Morgan fingerprint density at radius 1 is 0.846 bits per heavy atom. The smallest absolute Gasteiger partial charge is 0.155 e. The first-order chi connectivity index (χ1) is 12.7. The first kappa shape index (κ1) is 16.6. The SMILES string of the molecule is Nc1c(NC2CCCCCC2)ncnc1NC12CC3CC(CC(C3)C1)C2. The predicted octanol–water partition coefficient (Wildman–Crippen LogP) is 4.57. The van der Waals surface area contributed by atoms with Gasteiger partial charge >= 0.3 is 0 Å². The van der Waals surface area contributed by atoms with E-state index in [0.29, 0.717) is 11.7 Å². The molecule has 5 nitrogen and oxygen atoms in total. The van der Waals surface area contributed by atoms with Gasteiger partial charge in [-0.2, -0.15) is 0 Å². The Bertz CT molecular complexity index is 615. The molecule has 26 heavy (non-hydrogen) atoms. The molecule has 0 spiro atoms. The monoisotopic (exact) mass is 355 g/mol. The molecule has 1 aromatic rings. The summed E-state index contributed by atoms with van der Waals surface area (Å²) in [6.45, 7) is 0. The van der Waals surface area contributed by atoms with E-state index < -0.39 is 0 Å². The van der Waals surface area contributed by atoms with Crippen molar-refractivity contribution in [3.63, 3.8) is 0 Å². The zero-order chi connectivity index (χ0) is 17.6. The molecule has 5 heteroatoms. The molecule has 0 aromatic carbocycles. The van der Waals surface area contributed by atoms with Crippen LogP contribution in [0.2, 0.25) is 0 Å². The largest absolute Gasteiger partial charge is 0.393 e. The molecule has 4 bridgehead atoms. The van der Waals surface area contributed by atoms with Crippen molar-refractivity contribution in [3.8, 4) is 0 Å². The minimum atomic E-state index is 0.233. The Labute approximate surface area is 156 Å². The highest BCUT2D eigenvalue weighted by molar-refractivity contribution is 5.74. The average molecular weight is 356 g/mol. The van der Waals surface area contributed by atoms with Crippen LogP contribution in [0.3, 0.4) is 0 Å². The van der Waals surface area contributed by atoms with Crippen LogP contribution < -0.4 is 16.4 Å². The standard InChI is InChI=1S/C21H33N5/c22-18-19(25-17-5-3-1-2-4-6-17)23-13-24-20(18)26-21-10-14-7-15(11-21)9-16(8-14)12-21/h13-17H,1-12,22H2,(H2,23,24,25,26). The third kappa shape index (κ3) is 3.14. The number of nitrogens with one attached hydrogen (secondary N) is 2. The second kappa shape index (κ2) is 6.58. The van der Waals surface area contributed by atoms with Crippen molar-refractivity contribution in [3.05, 3.63) is 6.33 Å². The van der Waals surface area contributed by atoms with E-state index in [4.69, 9.17) is 5.73 Å². The summed E-state index contributed by atoms with van der Waals surface area (Å²) in [7, 11) is 0. The maximum atomic E-state index is 6.52. The van der Waals surface area contributed by atoms with Crippen LogP contribution in [0, 0.1) is 17.8 Å². The molecule has 0 aliphatic heterocycles. The van der Waals surface area contributed by atoms with E-state index in [1.807, 2.05) is 0 Å². The van der Waals surface area contributed by atoms with E-state index in [-0.39, 0.29) is 5.54 Å². The summed E-state index contributed by atoms with van der Waals surface area (Å²) < 4.78 is 0. The highest BCUT2D eigenvalue weighted by Crippen LogP contribution is 2.56. The lowest BCUT2D eigenvalue weighted by Crippen LogP contribution is -2.55. The fraction of sp³-hybridized carbons (Fsp3) is 0.810. The molecule has 142 valence electrons. The van der Waals surface area contributed by atoms with Crippen molar-refractivity contribution in [2.75, 3.05) is 16.4 Å². The van der Waals surface area contributed by atoms with Crippen LogP contribution in [0.25, 0.3) is 0 Å². The molecule has 1 aromatic heterocycles. The van der Waals surface area contributed by atoms with Crippen LogP contribution in [0.1, 0.15) is 77.0 Å². The van der Waals surface area contributed by atoms with Gasteiger partial charge in [0.25, 0.3) is 0 Å². The van der Waals surface area contributed by atoms with Gasteiger partial charge in [-0.05, 0) is 69.1 Å². The van der Waals surface area contributed by atoms with Crippen LogP contribution in [-0.4, -0.2) is 21.5 Å². The molecule has 5 aliphatic carbocycles. The van der Waals surface area contributed by atoms with Gasteiger partial charge in [0.1, 0.15) is 12.0 Å². The van der Waals surface area contributed by atoms with Crippen molar-refractivity contribution in [1.29, 1.82) is 0 Å². The summed E-state index contributed by atoms with van der Waals surface area (Å²) in [5, 5.41) is 7.45. The van der Waals surface area contributed by atoms with Gasteiger partial charge in [-0.3, -0.25) is 0 Å². The van der Waals surface area contributed by atoms with E-state index >= 15 is 0 Å². The van der Waals surface area contributed by atoms with Crippen LogP contribution in [0.5, 0.6) is 0 Å². The van der Waals surface area contributed by atoms with Crippen LogP contribution in [-0.2, 0) is 0 Å². The molecule has 5 aliphatic rings. The summed E-state index contributed by atoms with van der Waals surface area (Å²) in [6.07, 6.45) is 17.7. The third-order valence-electron chi connectivity index (χ3n) is 7.50. The van der Waals surface area contributed by atoms with Gasteiger partial charge in [-0.25, -0.2) is 9.97 Å². The lowest BCUT2D eigenvalue weighted by atomic mass is 9.53. The molecule has 0 atom stereocenters. The Morgan fingerprint density at radius 3 is 2.04 bits per heavy atom. The number of aromatic nitrogens is 2. The first-order valence-corrected chi connectivity index (χ1v) is 10.8. The molecule has 0 unspecified atom stereocenters. The van der Waals surface area contributed by atoms with E-state index in [2.05, 4.69) is 20.6 Å². The number of nitrogen functional groups attached to an aromatic ring is 1. The molecular weight excluding hydrogens is 322 g/mol. The van der Waals surface area contributed by atoms with Crippen molar-refractivity contribution in [2.24, 2.45) is 17.8 Å². The number of hydrogen-bond donors (Lipinski definition) is 3. The minimum Gasteiger partial charge on any atom is -0.393 e. The van der Waals surface area contributed by atoms with Crippen LogP contribution >= 0.6 is 0 Å². The average Bonchev–Trinajstić information content (AvgIpc) is 2.86. The Balaban J connectivity index is 1.33. The molecule has 1 heterocycles. The van der Waals surface area contributed by atoms with Gasteiger partial charge in [0.15, 0.2) is 11.6 Å². The number of nitrogens with two attached hydrogens (primary N) is 1. The number of rotatable bonds is 4. The predicted molar refractivity (Wildman–Crippen MR) is 106 cm³/mol. The molecule has 0 saturated heterocycles. The molecular formula is C21H33N5. The summed E-state index contributed by atoms with van der Waals surface area (Å²) in [6, 6.07) is 0.502. The number of nitrogens with zero attached hydrogens (tertiary/aromatic N) is 2. The van der Waals surface area contributed by atoms with E-state index in [9.17, 15) is 0 Å². The molecule has 6 rings (SSSR count). The number of hydrogen-bond acceptors (Lipinski definition) is 5. The second-order valence-electron chi connectivity index (χ2n) is 9.64. The van der Waals surface area contributed by atoms with Gasteiger partial charge in [-0.1, -0.05) is 25.7 Å². The fourth-order valence-corrected chi connectivity index (χ4v) is 6.74. The zero-order valence-corrected chi connectivity index (χ0v) is 15.8. The molecule has 0 radical (unpaired) electrons. The highest BCUT2D eigenvalue weighted by atomic mass is 15.1. The molecule has 0 amide bonds. The maximum Gasteiger partial charge on any atom is 0.155 e. The van der Waals surface area contributed by atoms with Crippen molar-refractivity contribution in [2.45, 2.75) is 88.6 Å². The van der Waals surface area contributed by atoms with Crippen LogP contribution in [0.15, 0.2) is 6.33 Å². The molecule has 5 fully saturated rings. The highest BCUT2D eigenvalue weighted by Gasteiger charge is 2.51. The Hall–Kier alpha value is -1.52. The second-order valence-corrected chi connectivity index (χ2v) is 9.64. The third-order valence-corrected chi connectivity index (χ3v) is 7.50. The lowest BCUT2D eigenvalue weighted by molar-refractivity contribution is 0.0106. The Kier molecular flexibility index (Phi) is 4.21. The van der Waals surface area contributed by atoms with Crippen molar-refractivity contribution in [1.82, 2.24) is 9.97 Å². The summed E-state index contributed by atoms with van der Waals surface area (Å²) in [5.74, 6) is 4.44. The summed E-state index contributed by atoms with van der Waals surface area (Å²) in [4.78, 5) is 9.01. The van der Waals surface area contributed by atoms with Crippen LogP contribution in [0.4, 0.5) is 17.3 Å². The zero-order valence-electron chi connectivity index (χ0n) is 15.8. The van der Waals surface area contributed by atoms with E-state index in [0.717, 1.165) is 29.4 Å². The molecule has 5 saturated carbocycles. The van der Waals surface area contributed by atoms with Gasteiger partial charge in [-0.15, -0.1) is 0 Å². The summed E-state index contributed by atoms with van der Waals surface area (Å²) in [5.41, 5.74) is 7.47. The van der Waals surface area contributed by atoms with E-state index in [1.54, 1.807) is 6.33 Å². The normalized spacial score (nSPS) is 36.7. The van der Waals surface area contributed by atoms with Gasteiger partial charge in [0.2, 0.25) is 0 Å². The van der Waals surface area contributed by atoms with Gasteiger partial charge < -0.3 is 16.4 Å². The van der Waals surface area contributed by atoms with E-state index in [1.165, 1.54) is 77.0 Å². The van der Waals surface area contributed by atoms with Crippen molar-refractivity contribution < 1.29 is 0 Å². The minimum absolute atomic E-state index is 0.233. The summed E-state index contributed by atoms with van der Waals surface area (Å²) >= 11 is 0. The van der Waals surface area contributed by atoms with Gasteiger partial charge in [0, 0.05) is 11.6 Å². The fourth-order valence-electron chi connectivity index (χ4n) is 6.74. The topological polar surface area (TPSA) is 75.9 Å². The Morgan fingerprint density at radius 2 is 1.42 bits per heavy atom. The number of anilines is 3. The first-order valence-electron chi connectivity index (χ1n) is 10.8. The van der Waals surface area contributed by atoms with Gasteiger partial charge in [0.05, 0.1) is 0 Å². The molecule has 4 N–H and O–H groups in total. The quantitative estimate of drug-likeness (QED) is 0.690. The maximum absolute atomic E-state index is 6.52. The lowest BCUT2D eigenvalue weighted by Gasteiger charge is -2.57. The van der Waals surface area contributed by atoms with Crippen molar-refractivity contribution >= 4 is 17.3 Å².